The van der Waals surface area contributed by atoms with Crippen LogP contribution in [0.3, 0.4) is 0 Å². The minimum Gasteiger partial charge on any atom is -0.493 e. The first-order chi connectivity index (χ1) is 10.9. The van der Waals surface area contributed by atoms with Crippen molar-refractivity contribution >= 4 is 16.4 Å². The average molecular weight is 344 g/mol. The zero-order valence-electron chi connectivity index (χ0n) is 13.1. The maximum absolute atomic E-state index is 12.3. The third-order valence-electron chi connectivity index (χ3n) is 3.78. The van der Waals surface area contributed by atoms with Gasteiger partial charge in [-0.25, -0.2) is 13.5 Å². The zero-order valence-corrected chi connectivity index (χ0v) is 13.9. The molecule has 1 aromatic rings. The van der Waals surface area contributed by atoms with Crippen molar-refractivity contribution in [1.29, 1.82) is 0 Å². The summed E-state index contributed by atoms with van der Waals surface area (Å²) in [5.74, 6) is 0.836. The minimum absolute atomic E-state index is 0.179. The van der Waals surface area contributed by atoms with Crippen LogP contribution in [0, 0.1) is 0 Å². The normalized spacial score (nSPS) is 14.9. The van der Waals surface area contributed by atoms with E-state index in [-0.39, 0.29) is 25.3 Å². The molecule has 0 bridgehead atoms. The van der Waals surface area contributed by atoms with Crippen molar-refractivity contribution in [2.75, 3.05) is 33.1 Å². The molecule has 2 rings (SSSR count). The lowest BCUT2D eigenvalue weighted by Gasteiger charge is -2.29. The minimum atomic E-state index is -3.57. The lowest BCUT2D eigenvalue weighted by atomic mass is 10.0. The number of benzene rings is 1. The number of fused-ring (bicyclic) bond motifs is 1. The number of methoxy groups -OCH3 is 2. The Bertz CT molecular complexity index is 676. The highest BCUT2D eigenvalue weighted by Gasteiger charge is 2.28. The standard InChI is InChI=1S/C14H20N2O6S/c1-21-13-7-11-3-4-16(9-12(11)8-14(13)22-2)23(19,20)6-5-15(18)10-17/h7-8,10,18H,3-6,9H2,1-2H3. The van der Waals surface area contributed by atoms with Crippen LogP contribution >= 0.6 is 0 Å². The van der Waals surface area contributed by atoms with E-state index in [0.717, 1.165) is 11.1 Å². The van der Waals surface area contributed by atoms with Gasteiger partial charge in [0.25, 0.3) is 0 Å². The molecule has 8 nitrogen and oxygen atoms in total. The van der Waals surface area contributed by atoms with Gasteiger partial charge in [-0.15, -0.1) is 0 Å². The van der Waals surface area contributed by atoms with Crippen molar-refractivity contribution in [2.24, 2.45) is 0 Å². The summed E-state index contributed by atoms with van der Waals surface area (Å²) < 4.78 is 36.5. The second-order valence-corrected chi connectivity index (χ2v) is 7.23. The van der Waals surface area contributed by atoms with Crippen LogP contribution < -0.4 is 9.47 Å². The third kappa shape index (κ3) is 3.92. The molecule has 0 saturated heterocycles. The molecule has 0 saturated carbocycles. The van der Waals surface area contributed by atoms with Crippen LogP contribution in [0.25, 0.3) is 0 Å². The van der Waals surface area contributed by atoms with E-state index in [1.165, 1.54) is 11.4 Å². The van der Waals surface area contributed by atoms with E-state index in [9.17, 15) is 13.2 Å². The topological polar surface area (TPSA) is 96.4 Å². The highest BCUT2D eigenvalue weighted by molar-refractivity contribution is 7.89. The van der Waals surface area contributed by atoms with Gasteiger partial charge in [-0.2, -0.15) is 4.31 Å². The van der Waals surface area contributed by atoms with Gasteiger partial charge >= 0.3 is 0 Å². The fourth-order valence-electron chi connectivity index (χ4n) is 2.49. The molecule has 0 radical (unpaired) electrons. The Labute approximate surface area is 135 Å². The molecule has 1 amide bonds. The summed E-state index contributed by atoms with van der Waals surface area (Å²) in [5.41, 5.74) is 1.87. The van der Waals surface area contributed by atoms with Gasteiger partial charge < -0.3 is 9.47 Å². The molecule has 0 unspecified atom stereocenters. The van der Waals surface area contributed by atoms with Gasteiger partial charge in [-0.3, -0.25) is 10.0 Å². The molecule has 1 aliphatic heterocycles. The van der Waals surface area contributed by atoms with Crippen LogP contribution in [-0.2, 0) is 27.8 Å². The van der Waals surface area contributed by atoms with Crippen molar-refractivity contribution < 1.29 is 27.9 Å². The molecule has 9 heteroatoms. The van der Waals surface area contributed by atoms with Crippen molar-refractivity contribution in [3.8, 4) is 11.5 Å². The highest BCUT2D eigenvalue weighted by atomic mass is 32.2. The highest BCUT2D eigenvalue weighted by Crippen LogP contribution is 2.33. The van der Waals surface area contributed by atoms with Crippen molar-refractivity contribution in [1.82, 2.24) is 9.37 Å². The molecule has 0 aliphatic carbocycles. The fourth-order valence-corrected chi connectivity index (χ4v) is 3.87. The van der Waals surface area contributed by atoms with Crippen LogP contribution in [-0.4, -0.2) is 62.5 Å². The predicted octanol–water partition coefficient (Wildman–Crippen LogP) is 0.239. The first-order valence-corrected chi connectivity index (χ1v) is 8.64. The fraction of sp³-hybridized carbons (Fsp3) is 0.500. The smallest absolute Gasteiger partial charge is 0.233 e. The lowest BCUT2D eigenvalue weighted by Crippen LogP contribution is -2.39. The Kier molecular flexibility index (Phi) is 5.45. The summed E-state index contributed by atoms with van der Waals surface area (Å²) in [6.45, 7) is 0.309. The average Bonchev–Trinajstić information content (AvgIpc) is 2.57. The van der Waals surface area contributed by atoms with Gasteiger partial charge in [0.05, 0.1) is 26.5 Å². The predicted molar refractivity (Wildman–Crippen MR) is 82.0 cm³/mol. The largest absolute Gasteiger partial charge is 0.493 e. The van der Waals surface area contributed by atoms with Gasteiger partial charge in [0.1, 0.15) is 0 Å². The molecule has 1 aromatic carbocycles. The van der Waals surface area contributed by atoms with E-state index in [2.05, 4.69) is 0 Å². The number of hydrogen-bond donors (Lipinski definition) is 1. The number of sulfonamides is 1. The summed E-state index contributed by atoms with van der Waals surface area (Å²) in [6.07, 6.45) is 0.740. The summed E-state index contributed by atoms with van der Waals surface area (Å²) in [7, 11) is -0.488. The maximum atomic E-state index is 12.3. The molecule has 128 valence electrons. The second kappa shape index (κ2) is 7.16. The SMILES string of the molecule is COc1cc2c(cc1OC)CN(S(=O)(=O)CCN(O)C=O)CC2. The summed E-state index contributed by atoms with van der Waals surface area (Å²) in [4.78, 5) is 10.3. The van der Waals surface area contributed by atoms with E-state index < -0.39 is 10.0 Å². The molecule has 0 atom stereocenters. The van der Waals surface area contributed by atoms with Crippen molar-refractivity contribution in [2.45, 2.75) is 13.0 Å². The Morgan fingerprint density at radius 3 is 2.43 bits per heavy atom. The van der Waals surface area contributed by atoms with Crippen LogP contribution in [0.4, 0.5) is 0 Å². The first kappa shape index (κ1) is 17.5. The number of rotatable bonds is 7. The molecule has 1 N–H and O–H groups in total. The zero-order chi connectivity index (χ0) is 17.0. The molecule has 0 aromatic heterocycles. The molecule has 1 aliphatic rings. The molecular formula is C14H20N2O6S. The molecule has 0 spiro atoms. The summed E-state index contributed by atoms with van der Waals surface area (Å²) >= 11 is 0. The first-order valence-electron chi connectivity index (χ1n) is 7.03. The van der Waals surface area contributed by atoms with E-state index in [0.29, 0.717) is 29.5 Å². The molecular weight excluding hydrogens is 324 g/mol. The number of hydroxylamine groups is 2. The Balaban J connectivity index is 2.17. The number of carbonyl (C=O) groups is 1. The third-order valence-corrected chi connectivity index (χ3v) is 5.57. The Morgan fingerprint density at radius 1 is 1.26 bits per heavy atom. The number of hydrogen-bond acceptors (Lipinski definition) is 6. The Morgan fingerprint density at radius 2 is 1.87 bits per heavy atom. The van der Waals surface area contributed by atoms with E-state index >= 15 is 0 Å². The van der Waals surface area contributed by atoms with Crippen molar-refractivity contribution in [3.05, 3.63) is 23.3 Å². The molecule has 1 heterocycles. The maximum Gasteiger partial charge on any atom is 0.233 e. The summed E-state index contributed by atoms with van der Waals surface area (Å²) in [6, 6.07) is 3.64. The van der Waals surface area contributed by atoms with E-state index in [1.807, 2.05) is 6.07 Å². The van der Waals surface area contributed by atoms with Crippen molar-refractivity contribution in [3.63, 3.8) is 0 Å². The quantitative estimate of drug-likeness (QED) is 0.432. The van der Waals surface area contributed by atoms with E-state index in [4.69, 9.17) is 14.7 Å². The van der Waals surface area contributed by atoms with Gasteiger partial charge in [-0.05, 0) is 29.7 Å². The molecule has 0 fully saturated rings. The number of carbonyl (C=O) groups excluding carboxylic acids is 1. The summed E-state index contributed by atoms with van der Waals surface area (Å²) in [5, 5.41) is 9.38. The van der Waals surface area contributed by atoms with Gasteiger partial charge in [0, 0.05) is 13.1 Å². The van der Waals surface area contributed by atoms with Crippen LogP contribution in [0.5, 0.6) is 11.5 Å². The molecule has 23 heavy (non-hydrogen) atoms. The van der Waals surface area contributed by atoms with E-state index in [1.54, 1.807) is 13.2 Å². The number of nitrogens with zero attached hydrogens (tertiary/aromatic N) is 2. The monoisotopic (exact) mass is 344 g/mol. The number of amides is 1. The number of ether oxygens (including phenoxy) is 2. The van der Waals surface area contributed by atoms with Gasteiger partial charge in [-0.1, -0.05) is 0 Å². The Hall–Kier alpha value is -1.84. The van der Waals surface area contributed by atoms with Gasteiger partial charge in [0.15, 0.2) is 11.5 Å². The lowest BCUT2D eigenvalue weighted by molar-refractivity contribution is -0.148. The van der Waals surface area contributed by atoms with Gasteiger partial charge in [0.2, 0.25) is 16.4 Å². The van der Waals surface area contributed by atoms with Crippen LogP contribution in [0.1, 0.15) is 11.1 Å². The van der Waals surface area contributed by atoms with Crippen LogP contribution in [0.15, 0.2) is 12.1 Å². The van der Waals surface area contributed by atoms with Crippen LogP contribution in [0.2, 0.25) is 0 Å². The second-order valence-electron chi connectivity index (χ2n) is 5.14.